The number of halogens is 5. The molecule has 0 atom stereocenters. The van der Waals surface area contributed by atoms with E-state index in [0.717, 1.165) is 12.1 Å². The first-order chi connectivity index (χ1) is 18.8. The van der Waals surface area contributed by atoms with Crippen molar-refractivity contribution in [1.29, 1.82) is 0 Å². The van der Waals surface area contributed by atoms with Crippen LogP contribution in [0.15, 0.2) is 76.6 Å². The molecule has 4 heterocycles. The van der Waals surface area contributed by atoms with Crippen LogP contribution in [-0.2, 0) is 19.3 Å². The van der Waals surface area contributed by atoms with Gasteiger partial charge in [0, 0.05) is 29.6 Å². The van der Waals surface area contributed by atoms with Gasteiger partial charge in [0.25, 0.3) is 0 Å². The van der Waals surface area contributed by atoms with Crippen molar-refractivity contribution in [3.8, 4) is 33.8 Å². The smallest absolute Gasteiger partial charge is 0.359 e. The summed E-state index contributed by atoms with van der Waals surface area (Å²) < 4.78 is 75.1. The van der Waals surface area contributed by atoms with Gasteiger partial charge in [-0.1, -0.05) is 29.4 Å². The number of aromatic amines is 1. The van der Waals surface area contributed by atoms with E-state index in [0.29, 0.717) is 22.5 Å². The molecule has 2 aromatic carbocycles. The SMILES string of the molecule is Fc1cccc(-c2nc3c([nH]2)C=NN(Cc2cc(-c4ccc(-c5cccnc5)cc4C(F)(F)F)no2)C3)c1F. The molecule has 0 spiro atoms. The Morgan fingerprint density at radius 1 is 0.974 bits per heavy atom. The second-order valence-corrected chi connectivity index (χ2v) is 8.79. The van der Waals surface area contributed by atoms with Gasteiger partial charge >= 0.3 is 6.18 Å². The van der Waals surface area contributed by atoms with Crippen LogP contribution >= 0.6 is 0 Å². The summed E-state index contributed by atoms with van der Waals surface area (Å²) in [6, 6.07) is 12.6. The lowest BCUT2D eigenvalue weighted by atomic mass is 9.98. The number of hydrogen-bond acceptors (Lipinski definition) is 6. The van der Waals surface area contributed by atoms with Gasteiger partial charge < -0.3 is 9.51 Å². The normalized spacial score (nSPS) is 13.1. The summed E-state index contributed by atoms with van der Waals surface area (Å²) in [5.41, 5.74) is 1.04. The average molecular weight is 536 g/mol. The van der Waals surface area contributed by atoms with Crippen LogP contribution in [-0.4, -0.2) is 31.3 Å². The van der Waals surface area contributed by atoms with Crippen LogP contribution in [0.4, 0.5) is 22.0 Å². The molecule has 0 radical (unpaired) electrons. The van der Waals surface area contributed by atoms with E-state index in [2.05, 4.69) is 25.2 Å². The Morgan fingerprint density at radius 2 is 1.85 bits per heavy atom. The number of fused-ring (bicyclic) bond motifs is 1. The predicted molar refractivity (Wildman–Crippen MR) is 131 cm³/mol. The molecule has 0 aliphatic carbocycles. The zero-order valence-electron chi connectivity index (χ0n) is 19.9. The van der Waals surface area contributed by atoms with E-state index in [4.69, 9.17) is 4.52 Å². The fraction of sp³-hybridized carbons (Fsp3) is 0.111. The summed E-state index contributed by atoms with van der Waals surface area (Å²) in [6.07, 6.45) is -0.117. The maximum absolute atomic E-state index is 14.2. The summed E-state index contributed by atoms with van der Waals surface area (Å²) in [4.78, 5) is 11.3. The molecular weight excluding hydrogens is 519 g/mol. The van der Waals surface area contributed by atoms with Crippen molar-refractivity contribution in [3.05, 3.63) is 101 Å². The number of alkyl halides is 3. The number of nitrogens with zero attached hydrogens (tertiary/aromatic N) is 5. The Labute approximate surface area is 217 Å². The van der Waals surface area contributed by atoms with E-state index < -0.39 is 23.4 Å². The number of aromatic nitrogens is 4. The lowest BCUT2D eigenvalue weighted by Gasteiger charge is -2.19. The molecule has 1 aliphatic heterocycles. The minimum Gasteiger partial charge on any atom is -0.359 e. The van der Waals surface area contributed by atoms with Gasteiger partial charge in [0.05, 0.1) is 41.8 Å². The molecule has 1 N–H and O–H groups in total. The first kappa shape index (κ1) is 24.5. The van der Waals surface area contributed by atoms with Crippen molar-refractivity contribution in [1.82, 2.24) is 25.1 Å². The van der Waals surface area contributed by atoms with Gasteiger partial charge in [-0.2, -0.15) is 18.3 Å². The highest BCUT2D eigenvalue weighted by molar-refractivity contribution is 5.81. The largest absolute Gasteiger partial charge is 0.417 e. The van der Waals surface area contributed by atoms with Crippen molar-refractivity contribution >= 4 is 6.21 Å². The first-order valence-electron chi connectivity index (χ1n) is 11.7. The van der Waals surface area contributed by atoms with Gasteiger partial charge in [-0.3, -0.25) is 9.99 Å². The van der Waals surface area contributed by atoms with Crippen LogP contribution in [0.1, 0.15) is 22.7 Å². The average Bonchev–Trinajstić information content (AvgIpc) is 3.57. The van der Waals surface area contributed by atoms with Crippen molar-refractivity contribution < 1.29 is 26.5 Å². The maximum Gasteiger partial charge on any atom is 0.417 e. The lowest BCUT2D eigenvalue weighted by molar-refractivity contribution is -0.137. The molecule has 0 bridgehead atoms. The van der Waals surface area contributed by atoms with E-state index in [-0.39, 0.29) is 41.5 Å². The van der Waals surface area contributed by atoms with E-state index in [1.54, 1.807) is 29.4 Å². The van der Waals surface area contributed by atoms with Crippen LogP contribution in [0.5, 0.6) is 0 Å². The molecular formula is C27H17F5N6O. The third-order valence-electron chi connectivity index (χ3n) is 6.19. The minimum absolute atomic E-state index is 0.0146. The monoisotopic (exact) mass is 536 g/mol. The van der Waals surface area contributed by atoms with Gasteiger partial charge in [0.2, 0.25) is 0 Å². The highest BCUT2D eigenvalue weighted by atomic mass is 19.4. The zero-order valence-corrected chi connectivity index (χ0v) is 19.9. The number of benzene rings is 2. The number of hydrogen-bond donors (Lipinski definition) is 1. The van der Waals surface area contributed by atoms with Gasteiger partial charge in [-0.15, -0.1) is 0 Å². The molecule has 7 nitrogen and oxygen atoms in total. The highest BCUT2D eigenvalue weighted by Crippen LogP contribution is 2.39. The molecule has 0 amide bonds. The Hall–Kier alpha value is -4.87. The second kappa shape index (κ2) is 9.46. The first-order valence-corrected chi connectivity index (χ1v) is 11.7. The Bertz CT molecular complexity index is 1690. The molecule has 5 aromatic rings. The molecule has 3 aromatic heterocycles. The van der Waals surface area contributed by atoms with Crippen molar-refractivity contribution in [2.75, 3.05) is 0 Å². The van der Waals surface area contributed by atoms with Gasteiger partial charge in [-0.25, -0.2) is 13.8 Å². The van der Waals surface area contributed by atoms with Crippen LogP contribution in [0.2, 0.25) is 0 Å². The molecule has 6 rings (SSSR count). The number of rotatable bonds is 5. The molecule has 0 saturated heterocycles. The lowest BCUT2D eigenvalue weighted by Crippen LogP contribution is -2.21. The van der Waals surface area contributed by atoms with Gasteiger partial charge in [-0.05, 0) is 29.8 Å². The fourth-order valence-corrected chi connectivity index (χ4v) is 4.32. The van der Waals surface area contributed by atoms with Crippen LogP contribution in [0.25, 0.3) is 33.8 Å². The summed E-state index contributed by atoms with van der Waals surface area (Å²) in [5, 5.41) is 9.73. The molecule has 0 saturated carbocycles. The topological polar surface area (TPSA) is 83.2 Å². The van der Waals surface area contributed by atoms with Crippen LogP contribution < -0.4 is 0 Å². The van der Waals surface area contributed by atoms with Crippen molar-refractivity contribution in [2.45, 2.75) is 19.3 Å². The molecule has 1 aliphatic rings. The Balaban J connectivity index is 1.23. The van der Waals surface area contributed by atoms with Crippen molar-refractivity contribution in [3.63, 3.8) is 0 Å². The number of hydrazone groups is 1. The summed E-state index contributed by atoms with van der Waals surface area (Å²) in [7, 11) is 0. The Kier molecular flexibility index (Phi) is 5.93. The van der Waals surface area contributed by atoms with Gasteiger partial charge in [0.1, 0.15) is 11.5 Å². The quantitative estimate of drug-likeness (QED) is 0.262. The Morgan fingerprint density at radius 3 is 2.64 bits per heavy atom. The summed E-state index contributed by atoms with van der Waals surface area (Å²) in [6.45, 7) is 0.289. The highest BCUT2D eigenvalue weighted by Gasteiger charge is 2.35. The van der Waals surface area contributed by atoms with Gasteiger partial charge in [0.15, 0.2) is 17.4 Å². The minimum atomic E-state index is -4.63. The molecule has 0 unspecified atom stereocenters. The van der Waals surface area contributed by atoms with Crippen molar-refractivity contribution in [2.24, 2.45) is 5.10 Å². The summed E-state index contributed by atoms with van der Waals surface area (Å²) in [5.74, 6) is -1.57. The third kappa shape index (κ3) is 4.76. The standard InChI is InChI=1S/C27H17F5N6O/c28-21-5-1-4-19(25(21)29)26-35-23-12-34-38(14-24(23)36-26)13-17-10-22(37-39-17)18-7-6-15(9-20(18)27(30,31)32)16-3-2-8-33-11-16/h1-12H,13-14H2,(H,35,36). The van der Waals surface area contributed by atoms with E-state index >= 15 is 0 Å². The molecule has 196 valence electrons. The zero-order chi connectivity index (χ0) is 27.1. The number of nitrogens with one attached hydrogen (secondary N) is 1. The molecule has 39 heavy (non-hydrogen) atoms. The maximum atomic E-state index is 14.2. The summed E-state index contributed by atoms with van der Waals surface area (Å²) >= 11 is 0. The van der Waals surface area contributed by atoms with E-state index in [9.17, 15) is 22.0 Å². The predicted octanol–water partition coefficient (Wildman–Crippen LogP) is 6.44. The third-order valence-corrected chi connectivity index (χ3v) is 6.19. The fourth-order valence-electron chi connectivity index (χ4n) is 4.32. The molecule has 12 heteroatoms. The van der Waals surface area contributed by atoms with E-state index in [1.165, 1.54) is 36.7 Å². The number of imidazole rings is 1. The number of pyridine rings is 1. The van der Waals surface area contributed by atoms with Crippen LogP contribution in [0, 0.1) is 11.6 Å². The van der Waals surface area contributed by atoms with Crippen LogP contribution in [0.3, 0.4) is 0 Å². The van der Waals surface area contributed by atoms with E-state index in [1.807, 2.05) is 0 Å². The second-order valence-electron chi connectivity index (χ2n) is 8.79. The number of H-pyrrole nitrogens is 1. The molecule has 0 fully saturated rings.